The van der Waals surface area contributed by atoms with Crippen LogP contribution in [0.3, 0.4) is 0 Å². The predicted molar refractivity (Wildman–Crippen MR) is 58.8 cm³/mol. The van der Waals surface area contributed by atoms with E-state index in [4.69, 9.17) is 0 Å². The molecule has 0 aliphatic heterocycles. The van der Waals surface area contributed by atoms with Crippen LogP contribution in [-0.2, 0) is 0 Å². The van der Waals surface area contributed by atoms with Gasteiger partial charge in [0.1, 0.15) is 11.5 Å². The third kappa shape index (κ3) is 2.75. The first-order chi connectivity index (χ1) is 7.08. The number of carbonyl (C=O) groups excluding carboxylic acids is 1. The summed E-state index contributed by atoms with van der Waals surface area (Å²) in [6.45, 7) is 9.00. The Balaban J connectivity index is 3.00. The zero-order chi connectivity index (χ0) is 11.4. The van der Waals surface area contributed by atoms with Gasteiger partial charge >= 0.3 is 0 Å². The van der Waals surface area contributed by atoms with E-state index in [1.54, 1.807) is 17.9 Å². The summed E-state index contributed by atoms with van der Waals surface area (Å²) in [4.78, 5) is 22.0. The van der Waals surface area contributed by atoms with Gasteiger partial charge in [0.15, 0.2) is 0 Å². The highest BCUT2D eigenvalue weighted by atomic mass is 16.2. The van der Waals surface area contributed by atoms with Crippen LogP contribution in [0.1, 0.15) is 35.9 Å². The van der Waals surface area contributed by atoms with Crippen LogP contribution in [0, 0.1) is 13.8 Å². The SMILES string of the molecule is CCN(CC)C(=O)c1cc(C)nc(C)n1. The highest BCUT2D eigenvalue weighted by molar-refractivity contribution is 5.92. The Morgan fingerprint density at radius 3 is 2.33 bits per heavy atom. The third-order valence-corrected chi connectivity index (χ3v) is 2.24. The number of carbonyl (C=O) groups is 1. The van der Waals surface area contributed by atoms with Crippen LogP contribution in [0.15, 0.2) is 6.07 Å². The van der Waals surface area contributed by atoms with E-state index in [1.165, 1.54) is 0 Å². The molecule has 0 spiro atoms. The number of hydrogen-bond acceptors (Lipinski definition) is 3. The summed E-state index contributed by atoms with van der Waals surface area (Å²) in [7, 11) is 0. The normalized spacial score (nSPS) is 10.1. The maximum Gasteiger partial charge on any atom is 0.272 e. The van der Waals surface area contributed by atoms with Crippen molar-refractivity contribution in [3.8, 4) is 0 Å². The van der Waals surface area contributed by atoms with Crippen molar-refractivity contribution >= 4 is 5.91 Å². The minimum atomic E-state index is -0.0198. The number of aromatic nitrogens is 2. The third-order valence-electron chi connectivity index (χ3n) is 2.24. The van der Waals surface area contributed by atoms with Gasteiger partial charge in [0.25, 0.3) is 5.91 Å². The van der Waals surface area contributed by atoms with Gasteiger partial charge in [0.2, 0.25) is 0 Å². The van der Waals surface area contributed by atoms with E-state index >= 15 is 0 Å². The molecule has 0 aromatic carbocycles. The van der Waals surface area contributed by atoms with Gasteiger partial charge in [-0.1, -0.05) is 0 Å². The molecule has 4 heteroatoms. The second-order valence-electron chi connectivity index (χ2n) is 3.42. The lowest BCUT2D eigenvalue weighted by Crippen LogP contribution is -2.31. The molecule has 82 valence electrons. The van der Waals surface area contributed by atoms with Crippen LogP contribution in [0.4, 0.5) is 0 Å². The van der Waals surface area contributed by atoms with Gasteiger partial charge in [0, 0.05) is 18.8 Å². The minimum Gasteiger partial charge on any atom is -0.338 e. The van der Waals surface area contributed by atoms with E-state index in [0.29, 0.717) is 24.6 Å². The zero-order valence-corrected chi connectivity index (χ0v) is 9.74. The second-order valence-corrected chi connectivity index (χ2v) is 3.42. The Hall–Kier alpha value is -1.45. The molecule has 0 aliphatic rings. The van der Waals surface area contributed by atoms with E-state index in [-0.39, 0.29) is 5.91 Å². The lowest BCUT2D eigenvalue weighted by atomic mass is 10.3. The molecular weight excluding hydrogens is 190 g/mol. The van der Waals surface area contributed by atoms with E-state index in [9.17, 15) is 4.79 Å². The number of rotatable bonds is 3. The fourth-order valence-corrected chi connectivity index (χ4v) is 1.50. The molecule has 0 saturated heterocycles. The van der Waals surface area contributed by atoms with Crippen LogP contribution in [0.2, 0.25) is 0 Å². The zero-order valence-electron chi connectivity index (χ0n) is 9.74. The Kier molecular flexibility index (Phi) is 3.77. The maximum absolute atomic E-state index is 11.9. The molecule has 1 heterocycles. The van der Waals surface area contributed by atoms with Crippen molar-refractivity contribution in [2.45, 2.75) is 27.7 Å². The molecule has 0 unspecified atom stereocenters. The molecule has 0 saturated carbocycles. The van der Waals surface area contributed by atoms with Crippen molar-refractivity contribution in [2.75, 3.05) is 13.1 Å². The van der Waals surface area contributed by atoms with Crippen LogP contribution in [0.5, 0.6) is 0 Å². The van der Waals surface area contributed by atoms with Gasteiger partial charge in [0.05, 0.1) is 0 Å². The van der Waals surface area contributed by atoms with E-state index in [2.05, 4.69) is 9.97 Å². The van der Waals surface area contributed by atoms with Gasteiger partial charge in [-0.3, -0.25) is 4.79 Å². The van der Waals surface area contributed by atoms with Crippen LogP contribution < -0.4 is 0 Å². The standard InChI is InChI=1S/C11H17N3O/c1-5-14(6-2)11(15)10-7-8(3)12-9(4)13-10/h7H,5-6H2,1-4H3. The van der Waals surface area contributed by atoms with Crippen molar-refractivity contribution in [3.63, 3.8) is 0 Å². The number of aryl methyl sites for hydroxylation is 2. The van der Waals surface area contributed by atoms with Crippen LogP contribution in [0.25, 0.3) is 0 Å². The van der Waals surface area contributed by atoms with Crippen molar-refractivity contribution in [2.24, 2.45) is 0 Å². The smallest absolute Gasteiger partial charge is 0.272 e. The molecule has 1 aromatic heterocycles. The molecule has 1 amide bonds. The first kappa shape index (κ1) is 11.6. The lowest BCUT2D eigenvalue weighted by Gasteiger charge is -2.18. The van der Waals surface area contributed by atoms with Crippen molar-refractivity contribution in [3.05, 3.63) is 23.3 Å². The van der Waals surface area contributed by atoms with Gasteiger partial charge in [-0.2, -0.15) is 0 Å². The first-order valence-corrected chi connectivity index (χ1v) is 5.20. The number of hydrogen-bond donors (Lipinski definition) is 0. The average molecular weight is 207 g/mol. The molecule has 4 nitrogen and oxygen atoms in total. The number of amides is 1. The van der Waals surface area contributed by atoms with Crippen molar-refractivity contribution in [1.29, 1.82) is 0 Å². The van der Waals surface area contributed by atoms with Crippen molar-refractivity contribution in [1.82, 2.24) is 14.9 Å². The molecule has 1 rings (SSSR count). The number of nitrogens with zero attached hydrogens (tertiary/aromatic N) is 3. The molecule has 0 aliphatic carbocycles. The summed E-state index contributed by atoms with van der Waals surface area (Å²) in [6.07, 6.45) is 0. The van der Waals surface area contributed by atoms with E-state index < -0.39 is 0 Å². The lowest BCUT2D eigenvalue weighted by molar-refractivity contribution is 0.0766. The maximum atomic E-state index is 11.9. The average Bonchev–Trinajstić information content (AvgIpc) is 2.18. The Bertz CT molecular complexity index is 339. The summed E-state index contributed by atoms with van der Waals surface area (Å²) in [5, 5.41) is 0. The molecule has 0 bridgehead atoms. The monoisotopic (exact) mass is 207 g/mol. The summed E-state index contributed by atoms with van der Waals surface area (Å²) in [5.74, 6) is 0.624. The molecule has 15 heavy (non-hydrogen) atoms. The highest BCUT2D eigenvalue weighted by Gasteiger charge is 2.14. The Morgan fingerprint density at radius 1 is 1.27 bits per heavy atom. The summed E-state index contributed by atoms with van der Waals surface area (Å²) >= 11 is 0. The van der Waals surface area contributed by atoms with Gasteiger partial charge in [-0.25, -0.2) is 9.97 Å². The summed E-state index contributed by atoms with van der Waals surface area (Å²) in [6, 6.07) is 1.73. The fourth-order valence-electron chi connectivity index (χ4n) is 1.50. The van der Waals surface area contributed by atoms with Crippen molar-refractivity contribution < 1.29 is 4.79 Å². The van der Waals surface area contributed by atoms with E-state index in [0.717, 1.165) is 5.69 Å². The van der Waals surface area contributed by atoms with Crippen LogP contribution in [-0.4, -0.2) is 33.9 Å². The highest BCUT2D eigenvalue weighted by Crippen LogP contribution is 2.04. The molecule has 0 radical (unpaired) electrons. The van der Waals surface area contributed by atoms with Gasteiger partial charge < -0.3 is 4.90 Å². The Morgan fingerprint density at radius 2 is 1.87 bits per heavy atom. The molecular formula is C11H17N3O. The van der Waals surface area contributed by atoms with Gasteiger partial charge in [-0.05, 0) is 33.8 Å². The van der Waals surface area contributed by atoms with Gasteiger partial charge in [-0.15, -0.1) is 0 Å². The van der Waals surface area contributed by atoms with E-state index in [1.807, 2.05) is 20.8 Å². The molecule has 0 atom stereocenters. The summed E-state index contributed by atoms with van der Waals surface area (Å²) < 4.78 is 0. The largest absolute Gasteiger partial charge is 0.338 e. The second kappa shape index (κ2) is 4.87. The topological polar surface area (TPSA) is 46.1 Å². The fraction of sp³-hybridized carbons (Fsp3) is 0.545. The Labute approximate surface area is 90.3 Å². The first-order valence-electron chi connectivity index (χ1n) is 5.20. The quantitative estimate of drug-likeness (QED) is 0.756. The molecule has 0 fully saturated rings. The minimum absolute atomic E-state index is 0.0198. The van der Waals surface area contributed by atoms with Crippen LogP contribution >= 0.6 is 0 Å². The molecule has 1 aromatic rings. The molecule has 0 N–H and O–H groups in total. The summed E-state index contributed by atoms with van der Waals surface area (Å²) in [5.41, 5.74) is 1.32. The predicted octanol–water partition coefficient (Wildman–Crippen LogP) is 1.58.